The van der Waals surface area contributed by atoms with Gasteiger partial charge in [-0.25, -0.2) is 0 Å². The van der Waals surface area contributed by atoms with Crippen LogP contribution in [0.1, 0.15) is 90.5 Å². The first-order valence-electron chi connectivity index (χ1n) is 12.3. The van der Waals surface area contributed by atoms with E-state index >= 15 is 0 Å². The molecule has 0 aromatic heterocycles. The van der Waals surface area contributed by atoms with E-state index in [0.717, 1.165) is 24.0 Å². The molecule has 2 aromatic carbocycles. The van der Waals surface area contributed by atoms with Crippen LogP contribution in [0.5, 0.6) is 5.75 Å². The zero-order chi connectivity index (χ0) is 22.5. The highest BCUT2D eigenvalue weighted by atomic mass is 16.5. The fourth-order valence-electron chi connectivity index (χ4n) is 4.27. The van der Waals surface area contributed by atoms with Crippen LogP contribution in [0.3, 0.4) is 0 Å². The third-order valence-electron chi connectivity index (χ3n) is 6.11. The number of rotatable bonds is 15. The first kappa shape index (κ1) is 25.2. The monoisotopic (exact) mass is 425 g/mol. The number of methoxy groups -OCH3 is 1. The Morgan fingerprint density at radius 2 is 1.55 bits per heavy atom. The van der Waals surface area contributed by atoms with Gasteiger partial charge in [-0.1, -0.05) is 109 Å². The minimum Gasteiger partial charge on any atom is -0.496 e. The summed E-state index contributed by atoms with van der Waals surface area (Å²) >= 11 is 0. The molecule has 2 rings (SSSR count). The van der Waals surface area contributed by atoms with Crippen molar-refractivity contribution in [3.8, 4) is 5.75 Å². The summed E-state index contributed by atoms with van der Waals surface area (Å²) in [7, 11) is 1.74. The normalized spacial score (nSPS) is 11.6. The van der Waals surface area contributed by atoms with Gasteiger partial charge in [0.2, 0.25) is 5.91 Å². The highest BCUT2D eigenvalue weighted by molar-refractivity contribution is 5.89. The van der Waals surface area contributed by atoms with Gasteiger partial charge in [-0.05, 0) is 29.2 Å². The Hall–Kier alpha value is -2.03. The Morgan fingerprint density at radius 1 is 0.903 bits per heavy atom. The van der Waals surface area contributed by atoms with E-state index in [4.69, 9.17) is 4.74 Å². The predicted molar refractivity (Wildman–Crippen MR) is 133 cm³/mol. The number of fused-ring (bicyclic) bond motifs is 1. The van der Waals surface area contributed by atoms with Crippen molar-refractivity contribution >= 4 is 16.7 Å². The molecule has 0 fully saturated rings. The molecule has 0 unspecified atom stereocenters. The molecule has 31 heavy (non-hydrogen) atoms. The van der Waals surface area contributed by atoms with Gasteiger partial charge in [-0.2, -0.15) is 0 Å². The van der Waals surface area contributed by atoms with E-state index in [1.807, 2.05) is 6.07 Å². The maximum absolute atomic E-state index is 12.3. The minimum atomic E-state index is -0.0378. The third kappa shape index (κ3) is 8.93. The summed E-state index contributed by atoms with van der Waals surface area (Å²) in [5.41, 5.74) is 1.16. The largest absolute Gasteiger partial charge is 0.496 e. The second-order valence-corrected chi connectivity index (χ2v) is 9.68. The van der Waals surface area contributed by atoms with Gasteiger partial charge >= 0.3 is 0 Å². The molecule has 0 saturated carbocycles. The summed E-state index contributed by atoms with van der Waals surface area (Å²) < 4.78 is 5.76. The standard InChI is InChI=1S/C28H43NO2/c1-5-6-7-8-9-10-11-12-13-18-26(30)29-22-28(2,3)21-24-20-19-23-16-14-15-17-25(23)27(24)31-4/h14-17,19-20H,5-13,18,21-22H2,1-4H3,(H,29,30). The summed E-state index contributed by atoms with van der Waals surface area (Å²) in [6.07, 6.45) is 13.0. The van der Waals surface area contributed by atoms with Crippen LogP contribution in [-0.2, 0) is 11.2 Å². The van der Waals surface area contributed by atoms with Crippen LogP contribution < -0.4 is 10.1 Å². The average Bonchev–Trinajstić information content (AvgIpc) is 2.76. The molecule has 1 amide bonds. The van der Waals surface area contributed by atoms with E-state index in [2.05, 4.69) is 56.4 Å². The summed E-state index contributed by atoms with van der Waals surface area (Å²) in [6.45, 7) is 7.35. The van der Waals surface area contributed by atoms with Crippen molar-refractivity contribution in [1.82, 2.24) is 5.32 Å². The Bertz CT molecular complexity index is 797. The molecule has 0 saturated heterocycles. The molecule has 3 heteroatoms. The summed E-state index contributed by atoms with van der Waals surface area (Å²) in [5.74, 6) is 1.13. The van der Waals surface area contributed by atoms with Gasteiger partial charge in [-0.15, -0.1) is 0 Å². The molecular formula is C28H43NO2. The van der Waals surface area contributed by atoms with E-state index in [1.165, 1.54) is 62.3 Å². The maximum Gasteiger partial charge on any atom is 0.220 e. The van der Waals surface area contributed by atoms with Crippen LogP contribution in [0.2, 0.25) is 0 Å². The minimum absolute atomic E-state index is 0.0378. The van der Waals surface area contributed by atoms with E-state index < -0.39 is 0 Å². The molecule has 1 N–H and O–H groups in total. The molecule has 0 radical (unpaired) electrons. The number of carbonyl (C=O) groups excluding carboxylic acids is 1. The van der Waals surface area contributed by atoms with Crippen LogP contribution in [0.25, 0.3) is 10.8 Å². The van der Waals surface area contributed by atoms with E-state index in [0.29, 0.717) is 13.0 Å². The third-order valence-corrected chi connectivity index (χ3v) is 6.11. The molecule has 0 aliphatic rings. The van der Waals surface area contributed by atoms with Crippen LogP contribution in [0.15, 0.2) is 36.4 Å². The number of nitrogens with one attached hydrogen (secondary N) is 1. The Balaban J connectivity index is 1.72. The number of hydrogen-bond acceptors (Lipinski definition) is 2. The maximum atomic E-state index is 12.3. The van der Waals surface area contributed by atoms with Crippen molar-refractivity contribution in [2.24, 2.45) is 5.41 Å². The molecule has 2 aromatic rings. The number of benzene rings is 2. The number of amides is 1. The molecule has 0 aliphatic heterocycles. The van der Waals surface area contributed by atoms with Crippen molar-refractivity contribution < 1.29 is 9.53 Å². The lowest BCUT2D eigenvalue weighted by atomic mass is 9.84. The van der Waals surface area contributed by atoms with E-state index in [-0.39, 0.29) is 11.3 Å². The Morgan fingerprint density at radius 3 is 2.23 bits per heavy atom. The summed E-state index contributed by atoms with van der Waals surface area (Å²) in [5, 5.41) is 5.50. The molecule has 3 nitrogen and oxygen atoms in total. The Kier molecular flexibility index (Phi) is 10.9. The van der Waals surface area contributed by atoms with Gasteiger partial charge in [0.15, 0.2) is 0 Å². The van der Waals surface area contributed by atoms with E-state index in [1.54, 1.807) is 7.11 Å². The fraction of sp³-hybridized carbons (Fsp3) is 0.607. The van der Waals surface area contributed by atoms with Crippen molar-refractivity contribution in [3.05, 3.63) is 42.0 Å². The molecule has 0 aliphatic carbocycles. The van der Waals surface area contributed by atoms with Crippen LogP contribution in [0.4, 0.5) is 0 Å². The fourth-order valence-corrected chi connectivity index (χ4v) is 4.27. The van der Waals surface area contributed by atoms with Gasteiger partial charge in [-0.3, -0.25) is 4.79 Å². The topological polar surface area (TPSA) is 38.3 Å². The quantitative estimate of drug-likeness (QED) is 0.301. The second kappa shape index (κ2) is 13.4. The van der Waals surface area contributed by atoms with Gasteiger partial charge in [0.1, 0.15) is 5.75 Å². The number of hydrogen-bond donors (Lipinski definition) is 1. The molecule has 172 valence electrons. The lowest BCUT2D eigenvalue weighted by molar-refractivity contribution is -0.121. The first-order chi connectivity index (χ1) is 15.0. The van der Waals surface area contributed by atoms with Crippen molar-refractivity contribution in [1.29, 1.82) is 0 Å². The van der Waals surface area contributed by atoms with Crippen LogP contribution in [-0.4, -0.2) is 19.6 Å². The number of unbranched alkanes of at least 4 members (excludes halogenated alkanes) is 8. The highest BCUT2D eigenvalue weighted by Crippen LogP contribution is 2.33. The summed E-state index contributed by atoms with van der Waals surface area (Å²) in [4.78, 5) is 12.3. The van der Waals surface area contributed by atoms with Crippen LogP contribution >= 0.6 is 0 Å². The zero-order valence-corrected chi connectivity index (χ0v) is 20.3. The molecular weight excluding hydrogens is 382 g/mol. The molecule has 0 heterocycles. The molecule has 0 spiro atoms. The smallest absolute Gasteiger partial charge is 0.220 e. The van der Waals surface area contributed by atoms with E-state index in [9.17, 15) is 4.79 Å². The second-order valence-electron chi connectivity index (χ2n) is 9.68. The van der Waals surface area contributed by atoms with Crippen molar-refractivity contribution in [2.75, 3.05) is 13.7 Å². The highest BCUT2D eigenvalue weighted by Gasteiger charge is 2.22. The Labute approximate surface area is 190 Å². The average molecular weight is 426 g/mol. The van der Waals surface area contributed by atoms with Gasteiger partial charge < -0.3 is 10.1 Å². The summed E-state index contributed by atoms with van der Waals surface area (Å²) in [6, 6.07) is 12.6. The molecule has 0 bridgehead atoms. The first-order valence-corrected chi connectivity index (χ1v) is 12.3. The van der Waals surface area contributed by atoms with Crippen LogP contribution in [0, 0.1) is 5.41 Å². The molecule has 0 atom stereocenters. The van der Waals surface area contributed by atoms with Gasteiger partial charge in [0, 0.05) is 18.4 Å². The lowest BCUT2D eigenvalue weighted by Gasteiger charge is -2.26. The lowest BCUT2D eigenvalue weighted by Crippen LogP contribution is -2.35. The number of carbonyl (C=O) groups is 1. The SMILES string of the molecule is CCCCCCCCCCCC(=O)NCC(C)(C)Cc1ccc2ccccc2c1OC. The predicted octanol–water partition coefficient (Wildman–Crippen LogP) is 7.45. The van der Waals surface area contributed by atoms with Gasteiger partial charge in [0.05, 0.1) is 7.11 Å². The van der Waals surface area contributed by atoms with Gasteiger partial charge in [0.25, 0.3) is 0 Å². The zero-order valence-electron chi connectivity index (χ0n) is 20.3. The van der Waals surface area contributed by atoms with Crippen molar-refractivity contribution in [3.63, 3.8) is 0 Å². The van der Waals surface area contributed by atoms with Crippen molar-refractivity contribution in [2.45, 2.75) is 91.4 Å². The number of ether oxygens (including phenoxy) is 1.